The Hall–Kier alpha value is -1.78. The topological polar surface area (TPSA) is 119 Å². The van der Waals surface area contributed by atoms with E-state index in [2.05, 4.69) is 6.57 Å². The number of primary sulfonamides is 1. The third kappa shape index (κ3) is 3.12. The summed E-state index contributed by atoms with van der Waals surface area (Å²) in [6.45, 7) is 3.50. The molecule has 4 N–H and O–H groups in total. The van der Waals surface area contributed by atoms with E-state index < -0.39 is 10.0 Å². The molecule has 1 aromatic carbocycles. The van der Waals surface area contributed by atoms with Gasteiger partial charge >= 0.3 is 0 Å². The van der Waals surface area contributed by atoms with E-state index in [1.807, 2.05) is 0 Å². The highest BCUT2D eigenvalue weighted by Crippen LogP contribution is 2.27. The van der Waals surface area contributed by atoms with Gasteiger partial charge in [-0.15, -0.1) is 0 Å². The fourth-order valence-electron chi connectivity index (χ4n) is 0.998. The number of sulfonamides is 1. The average molecular weight is 229 g/mol. The van der Waals surface area contributed by atoms with E-state index in [0.29, 0.717) is 0 Å². The number of hydrogen-bond acceptors (Lipinski definition) is 5. The summed E-state index contributed by atoms with van der Waals surface area (Å²) < 4.78 is 26.9. The molecule has 0 aliphatic heterocycles. The SMILES string of the molecule is C#N.COc1cccc(N)c1S(N)(=O)=O. The van der Waals surface area contributed by atoms with Crippen molar-refractivity contribution in [1.29, 1.82) is 5.26 Å². The smallest absolute Gasteiger partial charge is 0.243 e. The predicted molar refractivity (Wildman–Crippen MR) is 55.4 cm³/mol. The van der Waals surface area contributed by atoms with Crippen molar-refractivity contribution in [1.82, 2.24) is 0 Å². The van der Waals surface area contributed by atoms with Crippen molar-refractivity contribution in [2.24, 2.45) is 5.14 Å². The number of methoxy groups -OCH3 is 1. The van der Waals surface area contributed by atoms with E-state index in [4.69, 9.17) is 20.9 Å². The molecule has 0 radical (unpaired) electrons. The molecule has 1 rings (SSSR count). The quantitative estimate of drug-likeness (QED) is 0.695. The number of nitrogen functional groups attached to an aromatic ring is 1. The van der Waals surface area contributed by atoms with Gasteiger partial charge in [0.1, 0.15) is 10.6 Å². The van der Waals surface area contributed by atoms with Gasteiger partial charge in [-0.05, 0) is 12.1 Å². The molecule has 0 aromatic heterocycles. The lowest BCUT2D eigenvalue weighted by atomic mass is 10.3. The van der Waals surface area contributed by atoms with Crippen LogP contribution in [0.4, 0.5) is 5.69 Å². The maximum absolute atomic E-state index is 11.1. The van der Waals surface area contributed by atoms with E-state index in [1.54, 1.807) is 6.07 Å². The van der Waals surface area contributed by atoms with Crippen LogP contribution in [-0.2, 0) is 10.0 Å². The van der Waals surface area contributed by atoms with Crippen molar-refractivity contribution in [3.8, 4) is 12.3 Å². The second-order valence-electron chi connectivity index (χ2n) is 2.42. The fraction of sp³-hybridized carbons (Fsp3) is 0.125. The molecule has 0 heterocycles. The van der Waals surface area contributed by atoms with Crippen LogP contribution in [0.2, 0.25) is 0 Å². The molecule has 82 valence electrons. The predicted octanol–water partition coefficient (Wildman–Crippen LogP) is 0.0646. The zero-order valence-electron chi connectivity index (χ0n) is 8.04. The zero-order valence-corrected chi connectivity index (χ0v) is 8.86. The Morgan fingerprint density at radius 2 is 1.93 bits per heavy atom. The molecule has 15 heavy (non-hydrogen) atoms. The van der Waals surface area contributed by atoms with Gasteiger partial charge in [0, 0.05) is 6.57 Å². The van der Waals surface area contributed by atoms with E-state index in [9.17, 15) is 8.42 Å². The number of ether oxygens (including phenoxy) is 1. The first-order valence-electron chi connectivity index (χ1n) is 3.68. The van der Waals surface area contributed by atoms with Gasteiger partial charge in [-0.25, -0.2) is 18.8 Å². The fourth-order valence-corrected chi connectivity index (χ4v) is 1.83. The molecular weight excluding hydrogens is 218 g/mol. The number of benzene rings is 1. The second-order valence-corrected chi connectivity index (χ2v) is 3.92. The van der Waals surface area contributed by atoms with Gasteiger partial charge in [-0.2, -0.15) is 0 Å². The first-order valence-corrected chi connectivity index (χ1v) is 5.22. The second kappa shape index (κ2) is 5.19. The Labute approximate surface area is 88.1 Å². The van der Waals surface area contributed by atoms with Gasteiger partial charge in [0.2, 0.25) is 10.0 Å². The number of nitriles is 1. The van der Waals surface area contributed by atoms with Crippen LogP contribution in [0.15, 0.2) is 23.1 Å². The summed E-state index contributed by atoms with van der Waals surface area (Å²) in [5.74, 6) is 0.155. The minimum absolute atomic E-state index is 0.0850. The molecule has 0 saturated heterocycles. The van der Waals surface area contributed by atoms with Crippen LogP contribution < -0.4 is 15.6 Å². The lowest BCUT2D eigenvalue weighted by molar-refractivity contribution is 0.403. The molecule has 0 atom stereocenters. The van der Waals surface area contributed by atoms with E-state index in [-0.39, 0.29) is 16.3 Å². The number of anilines is 1. The van der Waals surface area contributed by atoms with Crippen molar-refractivity contribution < 1.29 is 13.2 Å². The largest absolute Gasteiger partial charge is 0.495 e. The molecule has 0 unspecified atom stereocenters. The summed E-state index contributed by atoms with van der Waals surface area (Å²) in [5.41, 5.74) is 5.53. The Morgan fingerprint density at radius 3 is 2.27 bits per heavy atom. The third-order valence-corrected chi connectivity index (χ3v) is 2.52. The van der Waals surface area contributed by atoms with Crippen LogP contribution in [0.1, 0.15) is 0 Å². The third-order valence-electron chi connectivity index (χ3n) is 1.51. The Balaban J connectivity index is 0.000000921. The number of rotatable bonds is 2. The highest BCUT2D eigenvalue weighted by molar-refractivity contribution is 7.89. The molecule has 0 spiro atoms. The summed E-state index contributed by atoms with van der Waals surface area (Å²) in [7, 11) is -2.48. The van der Waals surface area contributed by atoms with Gasteiger partial charge in [0.05, 0.1) is 12.8 Å². The molecule has 7 heteroatoms. The van der Waals surface area contributed by atoms with Gasteiger partial charge in [-0.3, -0.25) is 0 Å². The minimum Gasteiger partial charge on any atom is -0.495 e. The number of nitrogens with two attached hydrogens (primary N) is 2. The molecule has 0 fully saturated rings. The number of hydrogen-bond donors (Lipinski definition) is 2. The Kier molecular flexibility index (Phi) is 4.57. The zero-order chi connectivity index (χ0) is 12.1. The summed E-state index contributed by atoms with van der Waals surface area (Å²) in [6, 6.07) is 4.52. The first-order chi connectivity index (χ1) is 6.96. The van der Waals surface area contributed by atoms with Crippen LogP contribution in [0.3, 0.4) is 0 Å². The van der Waals surface area contributed by atoms with Crippen molar-refractivity contribution in [2.45, 2.75) is 4.90 Å². The maximum Gasteiger partial charge on any atom is 0.243 e. The lowest BCUT2D eigenvalue weighted by Crippen LogP contribution is -2.15. The molecule has 0 saturated carbocycles. The Bertz CT molecular complexity index is 453. The molecule has 1 aromatic rings. The van der Waals surface area contributed by atoms with Gasteiger partial charge in [0.15, 0.2) is 0 Å². The molecule has 0 aliphatic rings. The van der Waals surface area contributed by atoms with Crippen molar-refractivity contribution in [3.05, 3.63) is 18.2 Å². The van der Waals surface area contributed by atoms with Crippen LogP contribution in [0.25, 0.3) is 0 Å². The van der Waals surface area contributed by atoms with Gasteiger partial charge in [0.25, 0.3) is 0 Å². The molecule has 0 amide bonds. The number of nitrogens with zero attached hydrogens (tertiary/aromatic N) is 1. The van der Waals surface area contributed by atoms with Crippen molar-refractivity contribution in [3.63, 3.8) is 0 Å². The summed E-state index contributed by atoms with van der Waals surface area (Å²) in [4.78, 5) is -0.169. The molecule has 6 nitrogen and oxygen atoms in total. The average Bonchev–Trinajstić information content (AvgIpc) is 2.18. The van der Waals surface area contributed by atoms with Gasteiger partial charge in [-0.1, -0.05) is 6.07 Å². The van der Waals surface area contributed by atoms with Crippen LogP contribution in [0.5, 0.6) is 5.75 Å². The minimum atomic E-state index is -3.83. The van der Waals surface area contributed by atoms with Gasteiger partial charge < -0.3 is 10.5 Å². The maximum atomic E-state index is 11.1. The van der Waals surface area contributed by atoms with Crippen LogP contribution in [0, 0.1) is 11.8 Å². The van der Waals surface area contributed by atoms with Crippen LogP contribution >= 0.6 is 0 Å². The summed E-state index contributed by atoms with van der Waals surface area (Å²) in [5, 5.41) is 11.4. The molecular formula is C8H11N3O3S. The first kappa shape index (κ1) is 13.2. The van der Waals surface area contributed by atoms with E-state index in [1.165, 1.54) is 19.2 Å². The highest BCUT2D eigenvalue weighted by Gasteiger charge is 2.17. The lowest BCUT2D eigenvalue weighted by Gasteiger charge is -2.08. The van der Waals surface area contributed by atoms with Crippen LogP contribution in [-0.4, -0.2) is 15.5 Å². The molecule has 0 bridgehead atoms. The monoisotopic (exact) mass is 229 g/mol. The standard InChI is InChI=1S/C7H10N2O3S.CHN/c1-12-6-4-2-3-5(8)7(6)13(9,10)11;1-2/h2-4H,8H2,1H3,(H2,9,10,11);1H. The highest BCUT2D eigenvalue weighted by atomic mass is 32.2. The Morgan fingerprint density at radius 1 is 1.40 bits per heavy atom. The normalized spacial score (nSPS) is 9.87. The van der Waals surface area contributed by atoms with E-state index in [0.717, 1.165) is 0 Å². The van der Waals surface area contributed by atoms with Crippen molar-refractivity contribution in [2.75, 3.05) is 12.8 Å². The summed E-state index contributed by atoms with van der Waals surface area (Å²) >= 11 is 0. The van der Waals surface area contributed by atoms with E-state index >= 15 is 0 Å². The summed E-state index contributed by atoms with van der Waals surface area (Å²) in [6.07, 6.45) is 0. The molecule has 0 aliphatic carbocycles. The van der Waals surface area contributed by atoms with Crippen molar-refractivity contribution >= 4 is 15.7 Å².